The SMILES string of the molecule is C[C@@H](O)c1cc(-c2cc(C(=O)N3CC[C@@H](C(=O)NCc4ncc(F)cc4Cl)CC34CC4)n[nH]2)c(F)cn1. The molecule has 1 aliphatic heterocycles. The Morgan fingerprint density at radius 1 is 1.27 bits per heavy atom. The standard InChI is InChI=1S/C25H25ClF2N6O3/c1-13(35)19-7-16(18(28)11-30-19)20-8-21(33-32-20)24(37)34-5-2-14(9-25(34)3-4-25)23(36)31-12-22-17(26)6-15(27)10-29-22/h6-8,10-11,13-14,35H,2-5,9,12H2,1H3,(H,31,36)(H,32,33)/t13-,14-/m1/s1. The van der Waals surface area contributed by atoms with Crippen molar-refractivity contribution >= 4 is 23.4 Å². The number of carbonyl (C=O) groups excluding carboxylic acids is 2. The molecule has 2 fully saturated rings. The third kappa shape index (κ3) is 5.05. The fourth-order valence-electron chi connectivity index (χ4n) is 4.84. The van der Waals surface area contributed by atoms with E-state index in [0.29, 0.717) is 36.5 Å². The molecule has 1 spiro atoms. The number of nitrogens with one attached hydrogen (secondary N) is 2. The van der Waals surface area contributed by atoms with Crippen LogP contribution < -0.4 is 5.32 Å². The van der Waals surface area contributed by atoms with E-state index in [1.165, 1.54) is 19.1 Å². The van der Waals surface area contributed by atoms with Crippen molar-refractivity contribution in [1.29, 1.82) is 0 Å². The molecule has 9 nitrogen and oxygen atoms in total. The van der Waals surface area contributed by atoms with Crippen molar-refractivity contribution in [2.24, 2.45) is 5.92 Å². The topological polar surface area (TPSA) is 124 Å². The summed E-state index contributed by atoms with van der Waals surface area (Å²) >= 11 is 6.00. The molecule has 2 amide bonds. The monoisotopic (exact) mass is 530 g/mol. The van der Waals surface area contributed by atoms with Crippen LogP contribution in [0.25, 0.3) is 11.3 Å². The lowest BCUT2D eigenvalue weighted by molar-refractivity contribution is -0.127. The van der Waals surface area contributed by atoms with Gasteiger partial charge in [0.05, 0.1) is 47.1 Å². The molecule has 4 heterocycles. The highest BCUT2D eigenvalue weighted by Crippen LogP contribution is 2.50. The van der Waals surface area contributed by atoms with Crippen molar-refractivity contribution in [3.63, 3.8) is 0 Å². The minimum atomic E-state index is -0.875. The van der Waals surface area contributed by atoms with Crippen LogP contribution in [0.1, 0.15) is 60.6 Å². The molecule has 37 heavy (non-hydrogen) atoms. The molecule has 0 bridgehead atoms. The lowest BCUT2D eigenvalue weighted by atomic mass is 9.88. The molecule has 3 aromatic rings. The van der Waals surface area contributed by atoms with Gasteiger partial charge >= 0.3 is 0 Å². The minimum absolute atomic E-state index is 0.0858. The van der Waals surface area contributed by atoms with Crippen LogP contribution >= 0.6 is 11.6 Å². The van der Waals surface area contributed by atoms with Gasteiger partial charge in [0.1, 0.15) is 5.82 Å². The number of aromatic nitrogens is 4. The second-order valence-corrected chi connectivity index (χ2v) is 10.0. The van der Waals surface area contributed by atoms with Crippen molar-refractivity contribution in [3.8, 4) is 11.3 Å². The van der Waals surface area contributed by atoms with Crippen molar-refractivity contribution in [2.45, 2.75) is 50.8 Å². The van der Waals surface area contributed by atoms with Crippen LogP contribution in [-0.4, -0.2) is 54.1 Å². The van der Waals surface area contributed by atoms with Crippen molar-refractivity contribution in [2.75, 3.05) is 6.54 Å². The number of likely N-dealkylation sites (tertiary alicyclic amines) is 1. The highest BCUT2D eigenvalue weighted by Gasteiger charge is 2.54. The molecule has 1 saturated heterocycles. The van der Waals surface area contributed by atoms with Gasteiger partial charge in [-0.05, 0) is 50.8 Å². The second-order valence-electron chi connectivity index (χ2n) is 9.60. The Balaban J connectivity index is 1.25. The van der Waals surface area contributed by atoms with Gasteiger partial charge in [0.2, 0.25) is 5.91 Å². The first kappa shape index (κ1) is 25.2. The van der Waals surface area contributed by atoms with Crippen LogP contribution in [0, 0.1) is 17.6 Å². The first-order valence-electron chi connectivity index (χ1n) is 12.0. The number of halogens is 3. The number of pyridine rings is 2. The van der Waals surface area contributed by atoms with Gasteiger partial charge in [-0.3, -0.25) is 24.7 Å². The molecule has 5 rings (SSSR count). The van der Waals surface area contributed by atoms with Crippen LogP contribution in [0.2, 0.25) is 5.02 Å². The van der Waals surface area contributed by atoms with Gasteiger partial charge in [0.25, 0.3) is 5.91 Å². The summed E-state index contributed by atoms with van der Waals surface area (Å²) in [5, 5.41) is 19.6. The Morgan fingerprint density at radius 2 is 2.05 bits per heavy atom. The Morgan fingerprint density at radius 3 is 2.76 bits per heavy atom. The molecule has 2 aliphatic rings. The van der Waals surface area contributed by atoms with Crippen LogP contribution in [-0.2, 0) is 11.3 Å². The van der Waals surface area contributed by atoms with E-state index in [4.69, 9.17) is 11.6 Å². The highest BCUT2D eigenvalue weighted by atomic mass is 35.5. The Kier molecular flexibility index (Phi) is 6.67. The predicted molar refractivity (Wildman–Crippen MR) is 129 cm³/mol. The predicted octanol–water partition coefficient (Wildman–Crippen LogP) is 3.55. The van der Waals surface area contributed by atoms with Gasteiger partial charge in [0.15, 0.2) is 11.5 Å². The molecule has 0 unspecified atom stereocenters. The number of hydrogen-bond acceptors (Lipinski definition) is 6. The zero-order valence-electron chi connectivity index (χ0n) is 20.0. The molecule has 194 valence electrons. The number of nitrogens with zero attached hydrogens (tertiary/aromatic N) is 4. The maximum atomic E-state index is 14.4. The number of H-pyrrole nitrogens is 1. The summed E-state index contributed by atoms with van der Waals surface area (Å²) in [5.41, 5.74) is 0.876. The first-order valence-corrected chi connectivity index (χ1v) is 12.3. The van der Waals surface area contributed by atoms with Crippen molar-refractivity contribution in [1.82, 2.24) is 30.4 Å². The van der Waals surface area contributed by atoms with Gasteiger partial charge in [-0.2, -0.15) is 5.10 Å². The summed E-state index contributed by atoms with van der Waals surface area (Å²) < 4.78 is 27.6. The third-order valence-corrected chi connectivity index (χ3v) is 7.38. The largest absolute Gasteiger partial charge is 0.387 e. The quantitative estimate of drug-likeness (QED) is 0.448. The average molecular weight is 531 g/mol. The number of rotatable bonds is 6. The fraction of sp³-hybridized carbons (Fsp3) is 0.400. The Hall–Kier alpha value is -3.44. The van der Waals surface area contributed by atoms with E-state index in [9.17, 15) is 23.5 Å². The van der Waals surface area contributed by atoms with E-state index >= 15 is 0 Å². The van der Waals surface area contributed by atoms with E-state index in [1.54, 1.807) is 4.90 Å². The van der Waals surface area contributed by atoms with Crippen molar-refractivity contribution < 1.29 is 23.5 Å². The van der Waals surface area contributed by atoms with E-state index in [0.717, 1.165) is 31.3 Å². The molecule has 12 heteroatoms. The zero-order chi connectivity index (χ0) is 26.3. The summed E-state index contributed by atoms with van der Waals surface area (Å²) in [4.78, 5) is 35.8. The van der Waals surface area contributed by atoms with Gasteiger partial charge in [0, 0.05) is 23.6 Å². The molecule has 1 aliphatic carbocycles. The van der Waals surface area contributed by atoms with E-state index < -0.39 is 23.3 Å². The summed E-state index contributed by atoms with van der Waals surface area (Å²) in [7, 11) is 0. The number of carbonyl (C=O) groups is 2. The average Bonchev–Trinajstić information content (AvgIpc) is 3.44. The van der Waals surface area contributed by atoms with Gasteiger partial charge in [-0.25, -0.2) is 8.78 Å². The van der Waals surface area contributed by atoms with Crippen LogP contribution in [0.5, 0.6) is 0 Å². The number of piperidine rings is 1. The molecule has 3 aromatic heterocycles. The minimum Gasteiger partial charge on any atom is -0.387 e. The number of aliphatic hydroxyl groups is 1. The van der Waals surface area contributed by atoms with Crippen LogP contribution in [0.4, 0.5) is 8.78 Å². The first-order chi connectivity index (χ1) is 17.7. The maximum Gasteiger partial charge on any atom is 0.274 e. The fourth-order valence-corrected chi connectivity index (χ4v) is 5.06. The Labute approximate surface area is 216 Å². The Bertz CT molecular complexity index is 1360. The van der Waals surface area contributed by atoms with E-state index in [2.05, 4.69) is 25.5 Å². The second kappa shape index (κ2) is 9.79. The lowest BCUT2D eigenvalue weighted by Gasteiger charge is -2.39. The van der Waals surface area contributed by atoms with Crippen molar-refractivity contribution in [3.05, 3.63) is 64.3 Å². The molecule has 0 radical (unpaired) electrons. The number of aromatic amines is 1. The zero-order valence-corrected chi connectivity index (χ0v) is 20.7. The van der Waals surface area contributed by atoms with E-state index in [-0.39, 0.29) is 40.6 Å². The summed E-state index contributed by atoms with van der Waals surface area (Å²) in [6.45, 7) is 1.99. The lowest BCUT2D eigenvalue weighted by Crippen LogP contribution is -2.50. The van der Waals surface area contributed by atoms with Gasteiger partial charge in [-0.15, -0.1) is 0 Å². The number of amides is 2. The summed E-state index contributed by atoms with van der Waals surface area (Å²) in [6.07, 6.45) is 3.74. The molecule has 1 saturated carbocycles. The van der Waals surface area contributed by atoms with E-state index in [1.807, 2.05) is 0 Å². The van der Waals surface area contributed by atoms with Crippen LogP contribution in [0.3, 0.4) is 0 Å². The third-order valence-electron chi connectivity index (χ3n) is 7.05. The number of hydrogen-bond donors (Lipinski definition) is 3. The molecule has 2 atom stereocenters. The normalized spacial score (nSPS) is 19.1. The molecule has 3 N–H and O–H groups in total. The maximum absolute atomic E-state index is 14.4. The van der Waals surface area contributed by atoms with Gasteiger partial charge < -0.3 is 15.3 Å². The summed E-state index contributed by atoms with van der Waals surface area (Å²) in [5.74, 6) is -1.89. The number of aliphatic hydroxyl groups excluding tert-OH is 1. The summed E-state index contributed by atoms with van der Waals surface area (Å²) in [6, 6.07) is 4.05. The smallest absolute Gasteiger partial charge is 0.274 e. The highest BCUT2D eigenvalue weighted by molar-refractivity contribution is 6.31. The molecular formula is C25H25ClF2N6O3. The van der Waals surface area contributed by atoms with Crippen LogP contribution in [0.15, 0.2) is 30.6 Å². The van der Waals surface area contributed by atoms with Gasteiger partial charge in [-0.1, -0.05) is 11.6 Å². The molecular weight excluding hydrogens is 506 g/mol. The molecule has 0 aromatic carbocycles.